The molecule has 0 fully saturated rings. The number of hydrogen-bond donors (Lipinski definition) is 1. The number of thioether (sulfide) groups is 1. The zero-order chi connectivity index (χ0) is 19.0. The van der Waals surface area contributed by atoms with Crippen molar-refractivity contribution in [2.24, 2.45) is 7.05 Å². The summed E-state index contributed by atoms with van der Waals surface area (Å²) in [5.41, 5.74) is 2.35. The fraction of sp³-hybridized carbons (Fsp3) is 0.222. The van der Waals surface area contributed by atoms with Crippen LogP contribution in [-0.4, -0.2) is 31.6 Å². The van der Waals surface area contributed by atoms with Gasteiger partial charge in [-0.2, -0.15) is 0 Å². The van der Waals surface area contributed by atoms with Crippen molar-refractivity contribution in [1.29, 1.82) is 0 Å². The molecule has 3 aromatic heterocycles. The van der Waals surface area contributed by atoms with E-state index >= 15 is 0 Å². The average Bonchev–Trinajstić information content (AvgIpc) is 3.21. The van der Waals surface area contributed by atoms with Crippen molar-refractivity contribution in [3.05, 3.63) is 52.4 Å². The molecular weight excluding hydrogens is 366 g/mol. The van der Waals surface area contributed by atoms with Gasteiger partial charge in [0.15, 0.2) is 16.3 Å². The van der Waals surface area contributed by atoms with Crippen LogP contribution in [0.4, 0.5) is 0 Å². The Balaban J connectivity index is 1.57. The van der Waals surface area contributed by atoms with Gasteiger partial charge in [0.2, 0.25) is 5.89 Å². The number of aromatic nitrogens is 5. The number of nitrogens with zero attached hydrogens (tertiary/aromatic N) is 4. The van der Waals surface area contributed by atoms with E-state index in [2.05, 4.69) is 19.9 Å². The molecule has 0 atom stereocenters. The molecule has 4 aromatic rings. The van der Waals surface area contributed by atoms with Crippen molar-refractivity contribution in [2.75, 3.05) is 7.11 Å². The number of imidazole rings is 1. The fourth-order valence-corrected chi connectivity index (χ4v) is 3.64. The standard InChI is InChI=1S/C18H17N5O3S/c1-10-13(21-17(26-10)11-4-6-12(25-3)7-5-11)8-27-18-22-14-15(23(18)2)19-9-20-16(14)24/h4-7,9H,8H2,1-3H3,(H,19,20,24). The van der Waals surface area contributed by atoms with Crippen molar-refractivity contribution in [1.82, 2.24) is 24.5 Å². The number of ether oxygens (including phenoxy) is 1. The van der Waals surface area contributed by atoms with Crippen molar-refractivity contribution in [3.8, 4) is 17.2 Å². The van der Waals surface area contributed by atoms with Crippen LogP contribution in [-0.2, 0) is 12.8 Å². The molecule has 138 valence electrons. The molecule has 4 rings (SSSR count). The largest absolute Gasteiger partial charge is 0.497 e. The summed E-state index contributed by atoms with van der Waals surface area (Å²) < 4.78 is 12.8. The van der Waals surface area contributed by atoms with E-state index in [4.69, 9.17) is 9.15 Å². The molecule has 0 saturated heterocycles. The smallest absolute Gasteiger partial charge is 0.278 e. The maximum atomic E-state index is 11.9. The normalized spacial score (nSPS) is 11.2. The summed E-state index contributed by atoms with van der Waals surface area (Å²) in [5, 5.41) is 0.697. The molecule has 0 aliphatic heterocycles. The molecule has 0 aliphatic carbocycles. The Morgan fingerprint density at radius 1 is 1.26 bits per heavy atom. The number of methoxy groups -OCH3 is 1. The predicted octanol–water partition coefficient (Wildman–Crippen LogP) is 2.92. The zero-order valence-corrected chi connectivity index (χ0v) is 15.8. The summed E-state index contributed by atoms with van der Waals surface area (Å²) in [6.07, 6.45) is 1.38. The molecule has 0 bridgehead atoms. The molecule has 0 spiro atoms. The number of H-pyrrole nitrogens is 1. The highest BCUT2D eigenvalue weighted by Gasteiger charge is 2.16. The van der Waals surface area contributed by atoms with Crippen LogP contribution in [0.5, 0.6) is 5.75 Å². The van der Waals surface area contributed by atoms with Crippen LogP contribution in [0.1, 0.15) is 11.5 Å². The van der Waals surface area contributed by atoms with Gasteiger partial charge in [-0.3, -0.25) is 4.79 Å². The summed E-state index contributed by atoms with van der Waals surface area (Å²) in [7, 11) is 3.46. The molecule has 0 saturated carbocycles. The van der Waals surface area contributed by atoms with Gasteiger partial charge in [-0.25, -0.2) is 15.0 Å². The molecule has 27 heavy (non-hydrogen) atoms. The lowest BCUT2D eigenvalue weighted by atomic mass is 10.2. The third-order valence-electron chi connectivity index (χ3n) is 4.19. The Morgan fingerprint density at radius 3 is 2.74 bits per heavy atom. The highest BCUT2D eigenvalue weighted by atomic mass is 32.2. The molecule has 8 nitrogen and oxygen atoms in total. The summed E-state index contributed by atoms with van der Waals surface area (Å²) in [6, 6.07) is 7.55. The number of nitrogens with one attached hydrogen (secondary N) is 1. The predicted molar refractivity (Wildman–Crippen MR) is 102 cm³/mol. The first kappa shape index (κ1) is 17.3. The Hall–Kier alpha value is -3.07. The van der Waals surface area contributed by atoms with Gasteiger partial charge in [0.1, 0.15) is 11.5 Å². The molecule has 0 aliphatic rings. The van der Waals surface area contributed by atoms with Gasteiger partial charge in [0.05, 0.1) is 19.1 Å². The van der Waals surface area contributed by atoms with E-state index in [0.29, 0.717) is 28.0 Å². The second-order valence-electron chi connectivity index (χ2n) is 5.90. The van der Waals surface area contributed by atoms with Crippen molar-refractivity contribution >= 4 is 22.9 Å². The SMILES string of the molecule is COc1ccc(-c2nc(CSc3nc4c(=O)[nH]cnc4n3C)c(C)o2)cc1. The highest BCUT2D eigenvalue weighted by Crippen LogP contribution is 2.28. The van der Waals surface area contributed by atoms with E-state index in [1.807, 2.05) is 38.2 Å². The molecule has 0 amide bonds. The van der Waals surface area contributed by atoms with Gasteiger partial charge in [-0.1, -0.05) is 11.8 Å². The Bertz CT molecular complexity index is 1160. The summed E-state index contributed by atoms with van der Waals surface area (Å²) in [6.45, 7) is 1.89. The maximum absolute atomic E-state index is 11.9. The molecule has 0 unspecified atom stereocenters. The number of hydrogen-bond acceptors (Lipinski definition) is 7. The Labute approximate surface area is 158 Å². The quantitative estimate of drug-likeness (QED) is 0.529. The van der Waals surface area contributed by atoms with Crippen molar-refractivity contribution in [3.63, 3.8) is 0 Å². The number of fused-ring (bicyclic) bond motifs is 1. The number of rotatable bonds is 5. The first-order valence-electron chi connectivity index (χ1n) is 8.20. The first-order valence-corrected chi connectivity index (χ1v) is 9.19. The van der Waals surface area contributed by atoms with Gasteiger partial charge >= 0.3 is 0 Å². The van der Waals surface area contributed by atoms with Crippen LogP contribution in [0, 0.1) is 6.92 Å². The maximum Gasteiger partial charge on any atom is 0.278 e. The van der Waals surface area contributed by atoms with Crippen LogP contribution in [0.3, 0.4) is 0 Å². The van der Waals surface area contributed by atoms with E-state index in [0.717, 1.165) is 22.8 Å². The topological polar surface area (TPSA) is 98.8 Å². The van der Waals surface area contributed by atoms with Gasteiger partial charge in [0.25, 0.3) is 5.56 Å². The van der Waals surface area contributed by atoms with E-state index in [1.54, 1.807) is 11.7 Å². The lowest BCUT2D eigenvalue weighted by molar-refractivity contribution is 0.415. The van der Waals surface area contributed by atoms with E-state index in [-0.39, 0.29) is 5.56 Å². The van der Waals surface area contributed by atoms with Crippen LogP contribution >= 0.6 is 11.8 Å². The van der Waals surface area contributed by atoms with Gasteiger partial charge in [0, 0.05) is 18.4 Å². The fourth-order valence-electron chi connectivity index (χ4n) is 2.67. The Morgan fingerprint density at radius 2 is 2.04 bits per heavy atom. The number of aromatic amines is 1. The third-order valence-corrected chi connectivity index (χ3v) is 5.23. The van der Waals surface area contributed by atoms with Crippen LogP contribution in [0.2, 0.25) is 0 Å². The minimum Gasteiger partial charge on any atom is -0.497 e. The van der Waals surface area contributed by atoms with Crippen LogP contribution in [0.15, 0.2) is 45.0 Å². The second-order valence-corrected chi connectivity index (χ2v) is 6.84. The number of oxazole rings is 1. The van der Waals surface area contributed by atoms with E-state index in [1.165, 1.54) is 18.1 Å². The van der Waals surface area contributed by atoms with Gasteiger partial charge < -0.3 is 18.7 Å². The summed E-state index contributed by atoms with van der Waals surface area (Å²) in [4.78, 5) is 27.6. The van der Waals surface area contributed by atoms with E-state index < -0.39 is 0 Å². The lowest BCUT2D eigenvalue weighted by Gasteiger charge is -2.00. The molecule has 0 radical (unpaired) electrons. The van der Waals surface area contributed by atoms with Gasteiger partial charge in [-0.05, 0) is 31.2 Å². The molecule has 9 heteroatoms. The number of benzene rings is 1. The zero-order valence-electron chi connectivity index (χ0n) is 15.0. The van der Waals surface area contributed by atoms with Gasteiger partial charge in [-0.15, -0.1) is 0 Å². The van der Waals surface area contributed by atoms with Crippen molar-refractivity contribution in [2.45, 2.75) is 17.8 Å². The molecule has 3 heterocycles. The third kappa shape index (κ3) is 3.21. The van der Waals surface area contributed by atoms with Crippen molar-refractivity contribution < 1.29 is 9.15 Å². The lowest BCUT2D eigenvalue weighted by Crippen LogP contribution is -2.06. The van der Waals surface area contributed by atoms with Crippen LogP contribution < -0.4 is 10.3 Å². The highest BCUT2D eigenvalue weighted by molar-refractivity contribution is 7.98. The minimum absolute atomic E-state index is 0.248. The molecule has 1 N–H and O–H groups in total. The van der Waals surface area contributed by atoms with Crippen LogP contribution in [0.25, 0.3) is 22.6 Å². The number of aryl methyl sites for hydroxylation is 2. The Kier molecular flexibility index (Phi) is 4.44. The van der Waals surface area contributed by atoms with E-state index in [9.17, 15) is 4.79 Å². The monoisotopic (exact) mass is 383 g/mol. The average molecular weight is 383 g/mol. The first-order chi connectivity index (χ1) is 13.1. The molecule has 1 aromatic carbocycles. The summed E-state index contributed by atoms with van der Waals surface area (Å²) >= 11 is 1.48. The summed E-state index contributed by atoms with van der Waals surface area (Å²) in [5.74, 6) is 2.67. The second kappa shape index (κ2) is 6.92. The minimum atomic E-state index is -0.248. The molecular formula is C18H17N5O3S.